The minimum absolute atomic E-state index is 0.0275. The van der Waals surface area contributed by atoms with Crippen LogP contribution in [0.3, 0.4) is 0 Å². The first-order valence-corrected chi connectivity index (χ1v) is 16.1. The molecule has 232 valence electrons. The average Bonchev–Trinajstić information content (AvgIpc) is 3.44. The van der Waals surface area contributed by atoms with E-state index in [9.17, 15) is 5.11 Å². The van der Waals surface area contributed by atoms with E-state index >= 15 is 0 Å². The molecule has 1 N–H and O–H groups in total. The van der Waals surface area contributed by atoms with Crippen LogP contribution in [0.4, 0.5) is 0 Å². The van der Waals surface area contributed by atoms with Crippen LogP contribution in [0, 0.1) is 20.8 Å². The topological polar surface area (TPSA) is 50.9 Å². The number of phenols is 1. The van der Waals surface area contributed by atoms with Gasteiger partial charge in [0.15, 0.2) is 0 Å². The monoisotopic (exact) mass is 613 g/mol. The van der Waals surface area contributed by atoms with Crippen LogP contribution in [0.15, 0.2) is 121 Å². The summed E-state index contributed by atoms with van der Waals surface area (Å²) in [4.78, 5) is 10.1. The van der Waals surface area contributed by atoms with Crippen LogP contribution < -0.4 is 0 Å². The molecule has 0 saturated carbocycles. The van der Waals surface area contributed by atoms with Crippen LogP contribution in [0.2, 0.25) is 0 Å². The highest BCUT2D eigenvalue weighted by atomic mass is 16.3. The Labute approximate surface area is 277 Å². The maximum absolute atomic E-state index is 11.4. The molecule has 4 nitrogen and oxygen atoms in total. The standard InChI is InChI=1S/C43H39N3O/c1-27-22-28(2)41(29(3)23-27)46-38-17-11-16-35(32-14-10-15-33(24-32)37-26-34(20-21-44-37)43(4,5)6)40(38)45-42(46)36-25-31(18-19-39(36)47)30-12-8-7-9-13-30/h7-26,47H,1-6H3. The van der Waals surface area contributed by atoms with Crippen LogP contribution in [0.25, 0.3) is 61.6 Å². The highest BCUT2D eigenvalue weighted by molar-refractivity contribution is 5.97. The van der Waals surface area contributed by atoms with Crippen molar-refractivity contribution >= 4 is 11.0 Å². The maximum atomic E-state index is 11.4. The lowest BCUT2D eigenvalue weighted by Crippen LogP contribution is -2.11. The van der Waals surface area contributed by atoms with Gasteiger partial charge in [-0.05, 0) is 96.0 Å². The zero-order chi connectivity index (χ0) is 32.9. The first-order valence-electron chi connectivity index (χ1n) is 16.1. The van der Waals surface area contributed by atoms with Crippen LogP contribution >= 0.6 is 0 Å². The summed E-state index contributed by atoms with van der Waals surface area (Å²) in [6, 6.07) is 39.7. The molecule has 0 bridgehead atoms. The first-order chi connectivity index (χ1) is 22.6. The fourth-order valence-corrected chi connectivity index (χ4v) is 6.69. The van der Waals surface area contributed by atoms with E-state index < -0.39 is 0 Å². The molecular formula is C43H39N3O. The predicted octanol–water partition coefficient (Wildman–Crippen LogP) is 11.0. The summed E-state index contributed by atoms with van der Waals surface area (Å²) in [6.45, 7) is 13.1. The lowest BCUT2D eigenvalue weighted by Gasteiger charge is -2.19. The van der Waals surface area contributed by atoms with Crippen molar-refractivity contribution in [1.82, 2.24) is 14.5 Å². The molecule has 0 atom stereocenters. The van der Waals surface area contributed by atoms with E-state index in [1.807, 2.05) is 30.5 Å². The molecule has 2 aromatic heterocycles. The number of phenolic OH excluding ortho intramolecular Hbond substituents is 1. The van der Waals surface area contributed by atoms with Gasteiger partial charge in [-0.15, -0.1) is 0 Å². The summed E-state index contributed by atoms with van der Waals surface area (Å²) in [6.07, 6.45) is 1.90. The van der Waals surface area contributed by atoms with Gasteiger partial charge in [-0.3, -0.25) is 9.55 Å². The summed E-state index contributed by atoms with van der Waals surface area (Å²) >= 11 is 0. The van der Waals surface area contributed by atoms with Gasteiger partial charge in [0.05, 0.1) is 28.0 Å². The second kappa shape index (κ2) is 11.7. The molecule has 7 rings (SSSR count). The number of hydrogen-bond donors (Lipinski definition) is 1. The molecule has 0 amide bonds. The van der Waals surface area contributed by atoms with Gasteiger partial charge < -0.3 is 5.11 Å². The van der Waals surface area contributed by atoms with Crippen molar-refractivity contribution < 1.29 is 5.11 Å². The summed E-state index contributed by atoms with van der Waals surface area (Å²) < 4.78 is 2.23. The smallest absolute Gasteiger partial charge is 0.149 e. The van der Waals surface area contributed by atoms with Gasteiger partial charge >= 0.3 is 0 Å². The third-order valence-electron chi connectivity index (χ3n) is 8.98. The molecule has 0 fully saturated rings. The summed E-state index contributed by atoms with van der Waals surface area (Å²) in [5, 5.41) is 11.4. The van der Waals surface area contributed by atoms with Crippen molar-refractivity contribution in [2.24, 2.45) is 0 Å². The summed E-state index contributed by atoms with van der Waals surface area (Å²) in [5.74, 6) is 0.894. The van der Waals surface area contributed by atoms with Crippen LogP contribution in [0.5, 0.6) is 5.75 Å². The number of benzene rings is 5. The number of aromatic nitrogens is 3. The number of aromatic hydroxyl groups is 1. The number of fused-ring (bicyclic) bond motifs is 1. The van der Waals surface area contributed by atoms with E-state index in [2.05, 4.69) is 131 Å². The van der Waals surface area contributed by atoms with E-state index in [0.717, 1.165) is 61.4 Å². The Morgan fingerprint density at radius 1 is 0.617 bits per heavy atom. The van der Waals surface area contributed by atoms with E-state index in [4.69, 9.17) is 9.97 Å². The van der Waals surface area contributed by atoms with Crippen LogP contribution in [0.1, 0.15) is 43.0 Å². The quantitative estimate of drug-likeness (QED) is 0.210. The summed E-state index contributed by atoms with van der Waals surface area (Å²) in [5.41, 5.74) is 14.6. The Hall–Kier alpha value is -5.48. The number of pyridine rings is 1. The molecule has 0 aliphatic rings. The van der Waals surface area contributed by atoms with Crippen molar-refractivity contribution in [3.8, 4) is 56.3 Å². The van der Waals surface area contributed by atoms with Crippen molar-refractivity contribution in [3.63, 3.8) is 0 Å². The van der Waals surface area contributed by atoms with Crippen LogP contribution in [-0.2, 0) is 5.41 Å². The molecule has 0 aliphatic heterocycles. The van der Waals surface area contributed by atoms with Gasteiger partial charge in [-0.25, -0.2) is 4.98 Å². The van der Waals surface area contributed by atoms with Gasteiger partial charge in [0.25, 0.3) is 0 Å². The van der Waals surface area contributed by atoms with Gasteiger partial charge in [-0.2, -0.15) is 0 Å². The Morgan fingerprint density at radius 2 is 1.32 bits per heavy atom. The van der Waals surface area contributed by atoms with Gasteiger partial charge in [-0.1, -0.05) is 105 Å². The first kappa shape index (κ1) is 30.2. The van der Waals surface area contributed by atoms with Crippen molar-refractivity contribution in [2.45, 2.75) is 47.0 Å². The zero-order valence-electron chi connectivity index (χ0n) is 27.8. The second-order valence-corrected chi connectivity index (χ2v) is 13.5. The number of aryl methyl sites for hydroxylation is 3. The molecule has 0 unspecified atom stereocenters. The van der Waals surface area contributed by atoms with Crippen molar-refractivity contribution in [2.75, 3.05) is 0 Å². The fraction of sp³-hybridized carbons (Fsp3) is 0.163. The third kappa shape index (κ3) is 5.61. The molecule has 4 heteroatoms. The Balaban J connectivity index is 1.48. The normalized spacial score (nSPS) is 11.7. The van der Waals surface area contributed by atoms with Crippen LogP contribution in [-0.4, -0.2) is 19.6 Å². The lowest BCUT2D eigenvalue weighted by molar-refractivity contribution is 0.477. The lowest BCUT2D eigenvalue weighted by atomic mass is 9.87. The van der Waals surface area contributed by atoms with Crippen molar-refractivity contribution in [1.29, 1.82) is 0 Å². The molecule has 0 spiro atoms. The Kier molecular flexibility index (Phi) is 7.52. The number of hydrogen-bond acceptors (Lipinski definition) is 3. The molecule has 0 radical (unpaired) electrons. The minimum Gasteiger partial charge on any atom is -0.507 e. The van der Waals surface area contributed by atoms with E-state index in [-0.39, 0.29) is 11.2 Å². The Morgan fingerprint density at radius 3 is 2.06 bits per heavy atom. The molecule has 2 heterocycles. The second-order valence-electron chi connectivity index (χ2n) is 13.5. The van der Waals surface area contributed by atoms with Crippen molar-refractivity contribution in [3.05, 3.63) is 144 Å². The van der Waals surface area contributed by atoms with E-state index in [0.29, 0.717) is 11.4 Å². The fourth-order valence-electron chi connectivity index (χ4n) is 6.69. The van der Waals surface area contributed by atoms with Gasteiger partial charge in [0.1, 0.15) is 11.6 Å². The SMILES string of the molecule is Cc1cc(C)c(-n2c(-c3cc(-c4ccccc4)ccc3O)nc3c(-c4cccc(-c5cc(C(C)(C)C)ccn5)c4)cccc32)c(C)c1. The number of para-hydroxylation sites is 1. The Bertz CT molecular complexity index is 2250. The largest absolute Gasteiger partial charge is 0.507 e. The number of rotatable bonds is 5. The number of nitrogens with zero attached hydrogens (tertiary/aromatic N) is 3. The molecule has 47 heavy (non-hydrogen) atoms. The maximum Gasteiger partial charge on any atom is 0.149 e. The minimum atomic E-state index is 0.0275. The molecule has 5 aromatic carbocycles. The number of imidazole rings is 1. The van der Waals surface area contributed by atoms with Gasteiger partial charge in [0, 0.05) is 17.3 Å². The van der Waals surface area contributed by atoms with E-state index in [1.54, 1.807) is 6.07 Å². The van der Waals surface area contributed by atoms with Gasteiger partial charge in [0.2, 0.25) is 0 Å². The zero-order valence-corrected chi connectivity index (χ0v) is 27.8. The van der Waals surface area contributed by atoms with E-state index in [1.165, 1.54) is 11.1 Å². The highest BCUT2D eigenvalue weighted by Gasteiger charge is 2.23. The summed E-state index contributed by atoms with van der Waals surface area (Å²) in [7, 11) is 0. The molecule has 7 aromatic rings. The third-order valence-corrected chi connectivity index (χ3v) is 8.98. The predicted molar refractivity (Wildman–Crippen MR) is 195 cm³/mol. The molecule has 0 aliphatic carbocycles. The average molecular weight is 614 g/mol. The highest BCUT2D eigenvalue weighted by Crippen LogP contribution is 2.41. The molecular weight excluding hydrogens is 574 g/mol. The molecule has 0 saturated heterocycles.